The SMILES string of the molecule is CN(Cc1ccccc1)Cc1cc2cn(-c3ccc(CNCCCN)cc3)c(=O)nc2[nH]1. The third-order valence-electron chi connectivity index (χ3n) is 5.40. The van der Waals surface area contributed by atoms with Crippen LogP contribution in [0.2, 0.25) is 0 Å². The molecule has 7 nitrogen and oxygen atoms in total. The number of nitrogens with one attached hydrogen (secondary N) is 2. The van der Waals surface area contributed by atoms with Crippen molar-refractivity contribution in [2.24, 2.45) is 5.73 Å². The number of aromatic nitrogens is 3. The molecule has 0 saturated carbocycles. The molecule has 166 valence electrons. The van der Waals surface area contributed by atoms with Crippen molar-refractivity contribution < 1.29 is 0 Å². The fourth-order valence-electron chi connectivity index (χ4n) is 3.80. The molecule has 0 atom stereocenters. The number of nitrogens with zero attached hydrogens (tertiary/aromatic N) is 3. The maximum Gasteiger partial charge on any atom is 0.354 e. The zero-order valence-corrected chi connectivity index (χ0v) is 18.4. The summed E-state index contributed by atoms with van der Waals surface area (Å²) < 4.78 is 1.60. The third kappa shape index (κ3) is 5.50. The molecular formula is C25H30N6O. The fourth-order valence-corrected chi connectivity index (χ4v) is 3.80. The van der Waals surface area contributed by atoms with Gasteiger partial charge in [0.2, 0.25) is 0 Å². The molecule has 0 aliphatic carbocycles. The highest BCUT2D eigenvalue weighted by Crippen LogP contribution is 2.16. The van der Waals surface area contributed by atoms with E-state index in [-0.39, 0.29) is 5.69 Å². The molecule has 0 saturated heterocycles. The molecule has 0 fully saturated rings. The number of hydrogen-bond donors (Lipinski definition) is 3. The molecule has 0 unspecified atom stereocenters. The minimum absolute atomic E-state index is 0.294. The van der Waals surface area contributed by atoms with Crippen LogP contribution in [-0.2, 0) is 19.6 Å². The molecule has 0 radical (unpaired) electrons. The van der Waals surface area contributed by atoms with Gasteiger partial charge in [-0.05, 0) is 55.9 Å². The van der Waals surface area contributed by atoms with E-state index in [1.165, 1.54) is 11.1 Å². The van der Waals surface area contributed by atoms with Crippen LogP contribution in [0.1, 0.15) is 23.2 Å². The van der Waals surface area contributed by atoms with Crippen LogP contribution in [0.25, 0.3) is 16.7 Å². The first kappa shape index (κ1) is 22.0. The first-order valence-electron chi connectivity index (χ1n) is 11.0. The Morgan fingerprint density at radius 2 is 1.84 bits per heavy atom. The summed E-state index contributed by atoms with van der Waals surface area (Å²) in [5.74, 6) is 0. The number of benzene rings is 2. The van der Waals surface area contributed by atoms with Crippen molar-refractivity contribution in [1.82, 2.24) is 24.8 Å². The summed E-state index contributed by atoms with van der Waals surface area (Å²) in [5.41, 5.74) is 10.1. The number of fused-ring (bicyclic) bond motifs is 1. The molecule has 0 bridgehead atoms. The summed E-state index contributed by atoms with van der Waals surface area (Å²) in [6.07, 6.45) is 2.82. The predicted molar refractivity (Wildman–Crippen MR) is 129 cm³/mol. The largest absolute Gasteiger partial charge is 0.354 e. The average Bonchev–Trinajstić information content (AvgIpc) is 3.18. The molecule has 4 aromatic rings. The normalized spacial score (nSPS) is 11.5. The lowest BCUT2D eigenvalue weighted by Crippen LogP contribution is -2.21. The Bertz CT molecular complexity index is 1200. The molecule has 4 N–H and O–H groups in total. The third-order valence-corrected chi connectivity index (χ3v) is 5.40. The molecule has 4 rings (SSSR count). The van der Waals surface area contributed by atoms with E-state index in [2.05, 4.69) is 57.6 Å². The lowest BCUT2D eigenvalue weighted by Gasteiger charge is -2.15. The van der Waals surface area contributed by atoms with Crippen LogP contribution in [0.3, 0.4) is 0 Å². The van der Waals surface area contributed by atoms with Gasteiger partial charge in [-0.15, -0.1) is 0 Å². The van der Waals surface area contributed by atoms with Gasteiger partial charge in [-0.1, -0.05) is 42.5 Å². The van der Waals surface area contributed by atoms with Gasteiger partial charge in [-0.3, -0.25) is 9.47 Å². The zero-order chi connectivity index (χ0) is 22.3. The highest BCUT2D eigenvalue weighted by atomic mass is 16.1. The number of rotatable bonds is 10. The van der Waals surface area contributed by atoms with Crippen molar-refractivity contribution in [3.8, 4) is 5.69 Å². The topological polar surface area (TPSA) is 92.0 Å². The molecule has 0 amide bonds. The van der Waals surface area contributed by atoms with Gasteiger partial charge in [0.1, 0.15) is 5.65 Å². The summed E-state index contributed by atoms with van der Waals surface area (Å²) in [5, 5.41) is 4.28. The molecular weight excluding hydrogens is 400 g/mol. The summed E-state index contributed by atoms with van der Waals surface area (Å²) in [6, 6.07) is 20.4. The van der Waals surface area contributed by atoms with Gasteiger partial charge in [0.25, 0.3) is 0 Å². The van der Waals surface area contributed by atoms with Crippen molar-refractivity contribution in [2.75, 3.05) is 20.1 Å². The Hall–Kier alpha value is -3.26. The minimum Gasteiger partial charge on any atom is -0.342 e. The summed E-state index contributed by atoms with van der Waals surface area (Å²) in [7, 11) is 2.08. The quantitative estimate of drug-likeness (QED) is 0.337. The molecule has 7 heteroatoms. The second kappa shape index (κ2) is 10.4. The summed E-state index contributed by atoms with van der Waals surface area (Å²) in [4.78, 5) is 22.4. The Labute approximate surface area is 187 Å². The molecule has 0 aliphatic heterocycles. The van der Waals surface area contributed by atoms with E-state index < -0.39 is 0 Å². The molecule has 0 aliphatic rings. The van der Waals surface area contributed by atoms with Crippen LogP contribution in [0.15, 0.2) is 71.7 Å². The Balaban J connectivity index is 1.47. The molecule has 2 aromatic carbocycles. The van der Waals surface area contributed by atoms with Crippen molar-refractivity contribution in [2.45, 2.75) is 26.1 Å². The van der Waals surface area contributed by atoms with Crippen LogP contribution >= 0.6 is 0 Å². The number of aromatic amines is 1. The van der Waals surface area contributed by atoms with Crippen molar-refractivity contribution >= 4 is 11.0 Å². The van der Waals surface area contributed by atoms with Crippen LogP contribution < -0.4 is 16.7 Å². The lowest BCUT2D eigenvalue weighted by atomic mass is 10.2. The van der Waals surface area contributed by atoms with E-state index in [9.17, 15) is 4.79 Å². The van der Waals surface area contributed by atoms with Crippen LogP contribution in [-0.4, -0.2) is 39.6 Å². The number of hydrogen-bond acceptors (Lipinski definition) is 5. The molecule has 2 heterocycles. The van der Waals surface area contributed by atoms with Gasteiger partial charge < -0.3 is 16.0 Å². The highest BCUT2D eigenvalue weighted by molar-refractivity contribution is 5.75. The monoisotopic (exact) mass is 430 g/mol. The Morgan fingerprint density at radius 3 is 2.59 bits per heavy atom. The Morgan fingerprint density at radius 1 is 1.06 bits per heavy atom. The fraction of sp³-hybridized carbons (Fsp3) is 0.280. The van der Waals surface area contributed by atoms with E-state index in [0.29, 0.717) is 12.2 Å². The average molecular weight is 431 g/mol. The summed E-state index contributed by atoms with van der Waals surface area (Å²) in [6.45, 7) is 3.96. The van der Waals surface area contributed by atoms with Crippen LogP contribution in [0.4, 0.5) is 0 Å². The first-order valence-corrected chi connectivity index (χ1v) is 11.0. The first-order chi connectivity index (χ1) is 15.6. The van der Waals surface area contributed by atoms with E-state index in [1.54, 1.807) is 4.57 Å². The van der Waals surface area contributed by atoms with Crippen LogP contribution in [0.5, 0.6) is 0 Å². The van der Waals surface area contributed by atoms with E-state index in [0.717, 1.165) is 49.4 Å². The standard InChI is InChI=1S/C25H30N6O/c1-30(16-20-6-3-2-4-7-20)18-22-14-21-17-31(25(32)29-24(21)28-22)23-10-8-19(9-11-23)15-27-13-5-12-26/h2-4,6-11,14,17,27H,5,12-13,15-16,18,26H2,1H3,(H,28,29,32). The smallest absolute Gasteiger partial charge is 0.342 e. The van der Waals surface area contributed by atoms with Crippen LogP contribution in [0, 0.1) is 0 Å². The maximum atomic E-state index is 12.6. The van der Waals surface area contributed by atoms with E-state index >= 15 is 0 Å². The maximum absolute atomic E-state index is 12.6. The number of nitrogens with two attached hydrogens (primary N) is 1. The van der Waals surface area contributed by atoms with Gasteiger partial charge in [0, 0.05) is 36.9 Å². The minimum atomic E-state index is -0.294. The second-order valence-electron chi connectivity index (χ2n) is 8.14. The van der Waals surface area contributed by atoms with Crippen molar-refractivity contribution in [3.63, 3.8) is 0 Å². The van der Waals surface area contributed by atoms with Crippen molar-refractivity contribution in [1.29, 1.82) is 0 Å². The van der Waals surface area contributed by atoms with E-state index in [1.807, 2.05) is 36.5 Å². The van der Waals surface area contributed by atoms with Crippen molar-refractivity contribution in [3.05, 3.63) is 94.2 Å². The Kier molecular flexibility index (Phi) is 7.11. The van der Waals surface area contributed by atoms with Gasteiger partial charge in [-0.25, -0.2) is 4.79 Å². The lowest BCUT2D eigenvalue weighted by molar-refractivity contribution is 0.316. The van der Waals surface area contributed by atoms with Gasteiger partial charge in [0.05, 0.1) is 5.69 Å². The molecule has 2 aromatic heterocycles. The van der Waals surface area contributed by atoms with E-state index in [4.69, 9.17) is 5.73 Å². The molecule has 32 heavy (non-hydrogen) atoms. The highest BCUT2D eigenvalue weighted by Gasteiger charge is 2.09. The second-order valence-corrected chi connectivity index (χ2v) is 8.14. The number of H-pyrrole nitrogens is 1. The van der Waals surface area contributed by atoms with Gasteiger partial charge in [-0.2, -0.15) is 4.98 Å². The summed E-state index contributed by atoms with van der Waals surface area (Å²) >= 11 is 0. The predicted octanol–water partition coefficient (Wildman–Crippen LogP) is 2.78. The molecule has 0 spiro atoms. The van der Waals surface area contributed by atoms with Gasteiger partial charge in [0.15, 0.2) is 0 Å². The zero-order valence-electron chi connectivity index (χ0n) is 18.4. The van der Waals surface area contributed by atoms with Gasteiger partial charge >= 0.3 is 5.69 Å².